The van der Waals surface area contributed by atoms with Crippen molar-refractivity contribution in [1.29, 1.82) is 0 Å². The monoisotopic (exact) mass is 332 g/mol. The Balaban J connectivity index is 1.62. The summed E-state index contributed by atoms with van der Waals surface area (Å²) in [5.74, 6) is 3.08. The van der Waals surface area contributed by atoms with Gasteiger partial charge in [0, 0.05) is 51.2 Å². The zero-order chi connectivity index (χ0) is 16.9. The van der Waals surface area contributed by atoms with E-state index in [2.05, 4.69) is 32.3 Å². The Hall–Kier alpha value is -1.63. The summed E-state index contributed by atoms with van der Waals surface area (Å²) in [6.45, 7) is 9.92. The van der Waals surface area contributed by atoms with Gasteiger partial charge in [0.15, 0.2) is 0 Å². The normalized spacial score (nSPS) is 19.9. The minimum atomic E-state index is 0.218. The maximum Gasteiger partial charge on any atom is 0.122 e. The first-order valence-corrected chi connectivity index (χ1v) is 8.82. The van der Waals surface area contributed by atoms with Gasteiger partial charge in [0.25, 0.3) is 0 Å². The minimum Gasteiger partial charge on any atom is -0.465 e. The number of aryl methyl sites for hydroxylation is 2. The van der Waals surface area contributed by atoms with Gasteiger partial charge in [-0.25, -0.2) is 4.98 Å². The van der Waals surface area contributed by atoms with Crippen LogP contribution in [0.1, 0.15) is 30.7 Å². The van der Waals surface area contributed by atoms with Crippen molar-refractivity contribution < 1.29 is 9.52 Å². The largest absolute Gasteiger partial charge is 0.465 e. The van der Waals surface area contributed by atoms with Gasteiger partial charge < -0.3 is 14.1 Å². The molecule has 1 N–H and O–H groups in total. The Kier molecular flexibility index (Phi) is 5.71. The van der Waals surface area contributed by atoms with Crippen molar-refractivity contribution in [3.05, 3.63) is 41.9 Å². The standard InChI is InChI=1S/C18H28N4O2/c1-3-21-8-7-19-18(21)14-20-9-10-22(16(12-20)6-11-23)13-17-5-4-15(2)24-17/h4-5,7-8,16,23H,3,6,9-14H2,1-2H3. The number of furan rings is 1. The van der Waals surface area contributed by atoms with Crippen LogP contribution in [-0.4, -0.2) is 56.7 Å². The summed E-state index contributed by atoms with van der Waals surface area (Å²) in [6, 6.07) is 4.41. The number of aliphatic hydroxyl groups is 1. The minimum absolute atomic E-state index is 0.218. The maximum absolute atomic E-state index is 9.45. The molecule has 1 unspecified atom stereocenters. The van der Waals surface area contributed by atoms with Gasteiger partial charge in [-0.1, -0.05) is 0 Å². The second-order valence-electron chi connectivity index (χ2n) is 6.51. The van der Waals surface area contributed by atoms with Gasteiger partial charge in [-0.3, -0.25) is 9.80 Å². The molecule has 1 aliphatic rings. The molecule has 3 heterocycles. The molecule has 3 rings (SSSR count). The van der Waals surface area contributed by atoms with E-state index in [9.17, 15) is 5.11 Å². The van der Waals surface area contributed by atoms with Crippen molar-refractivity contribution >= 4 is 0 Å². The summed E-state index contributed by atoms with van der Waals surface area (Å²) in [7, 11) is 0. The van der Waals surface area contributed by atoms with E-state index in [0.717, 1.165) is 63.0 Å². The summed E-state index contributed by atoms with van der Waals surface area (Å²) in [5, 5.41) is 9.45. The van der Waals surface area contributed by atoms with E-state index < -0.39 is 0 Å². The number of hydrogen-bond donors (Lipinski definition) is 1. The highest BCUT2D eigenvalue weighted by molar-refractivity contribution is 5.06. The highest BCUT2D eigenvalue weighted by Gasteiger charge is 2.27. The maximum atomic E-state index is 9.45. The topological polar surface area (TPSA) is 57.7 Å². The third-order valence-electron chi connectivity index (χ3n) is 4.81. The zero-order valence-electron chi connectivity index (χ0n) is 14.7. The third kappa shape index (κ3) is 4.06. The van der Waals surface area contributed by atoms with E-state index in [4.69, 9.17) is 4.42 Å². The van der Waals surface area contributed by atoms with Gasteiger partial charge in [0.1, 0.15) is 17.3 Å². The fraction of sp³-hybridized carbons (Fsp3) is 0.611. The van der Waals surface area contributed by atoms with Crippen LogP contribution >= 0.6 is 0 Å². The van der Waals surface area contributed by atoms with Gasteiger partial charge in [-0.2, -0.15) is 0 Å². The van der Waals surface area contributed by atoms with E-state index in [-0.39, 0.29) is 6.61 Å². The van der Waals surface area contributed by atoms with Gasteiger partial charge >= 0.3 is 0 Å². The Morgan fingerprint density at radius 2 is 2.17 bits per heavy atom. The lowest BCUT2D eigenvalue weighted by atomic mass is 10.1. The Labute approximate surface area is 143 Å². The first-order chi connectivity index (χ1) is 11.7. The van der Waals surface area contributed by atoms with E-state index in [0.29, 0.717) is 6.04 Å². The van der Waals surface area contributed by atoms with Gasteiger partial charge in [-0.05, 0) is 32.4 Å². The van der Waals surface area contributed by atoms with Crippen molar-refractivity contribution in [3.63, 3.8) is 0 Å². The molecule has 0 radical (unpaired) electrons. The van der Waals surface area contributed by atoms with Crippen LogP contribution in [0.15, 0.2) is 28.9 Å². The van der Waals surface area contributed by atoms with Crippen LogP contribution in [0.3, 0.4) is 0 Å². The first-order valence-electron chi connectivity index (χ1n) is 8.82. The number of aliphatic hydroxyl groups excluding tert-OH is 1. The molecule has 6 nitrogen and oxygen atoms in total. The van der Waals surface area contributed by atoms with Crippen molar-refractivity contribution in [2.75, 3.05) is 26.2 Å². The number of imidazole rings is 1. The van der Waals surface area contributed by atoms with Gasteiger partial charge in [0.05, 0.1) is 13.1 Å². The molecule has 0 spiro atoms. The molecule has 0 saturated carbocycles. The second kappa shape index (κ2) is 7.96. The molecular weight excluding hydrogens is 304 g/mol. The van der Waals surface area contributed by atoms with Gasteiger partial charge in [-0.15, -0.1) is 0 Å². The van der Waals surface area contributed by atoms with Gasteiger partial charge in [0.2, 0.25) is 0 Å². The average molecular weight is 332 g/mol. The highest BCUT2D eigenvalue weighted by atomic mass is 16.3. The number of rotatable bonds is 7. The van der Waals surface area contributed by atoms with Crippen LogP contribution in [0, 0.1) is 6.92 Å². The smallest absolute Gasteiger partial charge is 0.122 e. The Bertz CT molecular complexity index is 637. The number of hydrogen-bond acceptors (Lipinski definition) is 5. The fourth-order valence-corrected chi connectivity index (χ4v) is 3.48. The van der Waals surface area contributed by atoms with Crippen LogP contribution in [0.5, 0.6) is 0 Å². The Morgan fingerprint density at radius 1 is 1.29 bits per heavy atom. The molecule has 0 aromatic carbocycles. The summed E-state index contributed by atoms with van der Waals surface area (Å²) >= 11 is 0. The van der Waals surface area contributed by atoms with Crippen LogP contribution < -0.4 is 0 Å². The molecule has 1 fully saturated rings. The van der Waals surface area contributed by atoms with Crippen molar-refractivity contribution in [3.8, 4) is 0 Å². The predicted octanol–water partition coefficient (Wildman–Crippen LogP) is 1.87. The second-order valence-corrected chi connectivity index (χ2v) is 6.51. The highest BCUT2D eigenvalue weighted by Crippen LogP contribution is 2.19. The Morgan fingerprint density at radius 3 is 2.88 bits per heavy atom. The first kappa shape index (κ1) is 17.2. The molecule has 0 aliphatic carbocycles. The average Bonchev–Trinajstić information content (AvgIpc) is 3.19. The third-order valence-corrected chi connectivity index (χ3v) is 4.81. The van der Waals surface area contributed by atoms with Crippen LogP contribution in [0.25, 0.3) is 0 Å². The summed E-state index contributed by atoms with van der Waals surface area (Å²) in [6.07, 6.45) is 4.70. The van der Waals surface area contributed by atoms with E-state index in [1.165, 1.54) is 0 Å². The van der Waals surface area contributed by atoms with E-state index in [1.54, 1.807) is 0 Å². The summed E-state index contributed by atoms with van der Waals surface area (Å²) in [4.78, 5) is 9.36. The van der Waals surface area contributed by atoms with Crippen molar-refractivity contribution in [2.45, 2.75) is 45.9 Å². The molecule has 6 heteroatoms. The molecular formula is C18H28N4O2. The van der Waals surface area contributed by atoms with Crippen LogP contribution in [0.2, 0.25) is 0 Å². The van der Waals surface area contributed by atoms with Crippen molar-refractivity contribution in [1.82, 2.24) is 19.4 Å². The molecule has 132 valence electrons. The molecule has 0 amide bonds. The molecule has 1 saturated heterocycles. The molecule has 1 atom stereocenters. The zero-order valence-corrected chi connectivity index (χ0v) is 14.7. The van der Waals surface area contributed by atoms with E-state index >= 15 is 0 Å². The summed E-state index contributed by atoms with van der Waals surface area (Å²) in [5.41, 5.74) is 0. The summed E-state index contributed by atoms with van der Waals surface area (Å²) < 4.78 is 7.92. The lowest BCUT2D eigenvalue weighted by molar-refractivity contribution is 0.0438. The lowest BCUT2D eigenvalue weighted by Gasteiger charge is -2.41. The lowest BCUT2D eigenvalue weighted by Crippen LogP contribution is -2.52. The fourth-order valence-electron chi connectivity index (χ4n) is 3.48. The number of aromatic nitrogens is 2. The molecule has 2 aromatic heterocycles. The number of piperazine rings is 1. The SMILES string of the molecule is CCn1ccnc1CN1CCN(Cc2ccc(C)o2)C(CCO)C1. The quantitative estimate of drug-likeness (QED) is 0.839. The van der Waals surface area contributed by atoms with Crippen LogP contribution in [-0.2, 0) is 19.6 Å². The predicted molar refractivity (Wildman–Crippen MR) is 92.5 cm³/mol. The van der Waals surface area contributed by atoms with Crippen molar-refractivity contribution in [2.24, 2.45) is 0 Å². The number of nitrogens with zero attached hydrogens (tertiary/aromatic N) is 4. The molecule has 0 bridgehead atoms. The molecule has 2 aromatic rings. The molecule has 24 heavy (non-hydrogen) atoms. The van der Waals surface area contributed by atoms with E-state index in [1.807, 2.05) is 25.4 Å². The van der Waals surface area contributed by atoms with Crippen LogP contribution in [0.4, 0.5) is 0 Å². The molecule has 1 aliphatic heterocycles.